The molecule has 4 nitrogen and oxygen atoms in total. The third kappa shape index (κ3) is 3.26. The number of hydrogen-bond acceptors (Lipinski definition) is 3. The standard InChI is InChI=1S/C11H9F6NO3/c1-21-9(10(12,13)14,11(15,16)17)6-7-2-4-8(5-3-7)18(19)20/h2-5H,6H2,1H3. The molecule has 0 heterocycles. The lowest BCUT2D eigenvalue weighted by atomic mass is 9.92. The van der Waals surface area contributed by atoms with Gasteiger partial charge in [-0.05, 0) is 5.56 Å². The predicted molar refractivity (Wildman–Crippen MR) is 58.7 cm³/mol. The molecule has 0 aliphatic carbocycles. The first-order valence-electron chi connectivity index (χ1n) is 5.36. The summed E-state index contributed by atoms with van der Waals surface area (Å²) >= 11 is 0. The predicted octanol–water partition coefficient (Wildman–Crippen LogP) is 3.65. The van der Waals surface area contributed by atoms with Gasteiger partial charge in [-0.3, -0.25) is 10.1 Å². The minimum atomic E-state index is -5.69. The van der Waals surface area contributed by atoms with Crippen molar-refractivity contribution in [2.45, 2.75) is 24.4 Å². The molecule has 0 amide bonds. The maximum Gasteiger partial charge on any atom is 0.426 e. The second-order valence-corrected chi connectivity index (χ2v) is 4.13. The van der Waals surface area contributed by atoms with Crippen molar-refractivity contribution < 1.29 is 36.0 Å². The Bertz CT molecular complexity index is 494. The molecule has 0 bridgehead atoms. The van der Waals surface area contributed by atoms with Gasteiger partial charge in [0.25, 0.3) is 11.3 Å². The van der Waals surface area contributed by atoms with E-state index in [1.807, 2.05) is 0 Å². The van der Waals surface area contributed by atoms with Gasteiger partial charge in [-0.25, -0.2) is 0 Å². The summed E-state index contributed by atoms with van der Waals surface area (Å²) in [4.78, 5) is 9.57. The van der Waals surface area contributed by atoms with Crippen molar-refractivity contribution >= 4 is 5.69 Å². The minimum absolute atomic E-state index is 0.312. The molecular formula is C11H9F6NO3. The molecule has 118 valence electrons. The van der Waals surface area contributed by atoms with Gasteiger partial charge in [0, 0.05) is 25.7 Å². The van der Waals surface area contributed by atoms with Crippen LogP contribution in [0.15, 0.2) is 24.3 Å². The molecule has 0 atom stereocenters. The molecule has 0 saturated heterocycles. The number of hydrogen-bond donors (Lipinski definition) is 0. The summed E-state index contributed by atoms with van der Waals surface area (Å²) in [7, 11) is 0.312. The minimum Gasteiger partial charge on any atom is -0.361 e. The number of benzene rings is 1. The summed E-state index contributed by atoms with van der Waals surface area (Å²) in [5, 5.41) is 10.4. The molecule has 0 aliphatic rings. The van der Waals surface area contributed by atoms with Crippen molar-refractivity contribution in [3.63, 3.8) is 0 Å². The van der Waals surface area contributed by atoms with E-state index in [1.165, 1.54) is 0 Å². The van der Waals surface area contributed by atoms with Gasteiger partial charge in [0.2, 0.25) is 0 Å². The first-order chi connectivity index (χ1) is 9.44. The highest BCUT2D eigenvalue weighted by Gasteiger charge is 2.71. The van der Waals surface area contributed by atoms with Crippen LogP contribution in [0, 0.1) is 10.1 Å². The highest BCUT2D eigenvalue weighted by molar-refractivity contribution is 5.33. The smallest absolute Gasteiger partial charge is 0.361 e. The Labute approximate surface area is 114 Å². The van der Waals surface area contributed by atoms with E-state index in [9.17, 15) is 36.5 Å². The molecule has 1 aromatic rings. The number of halogens is 6. The van der Waals surface area contributed by atoms with Crippen LogP contribution in [0.3, 0.4) is 0 Å². The van der Waals surface area contributed by atoms with Crippen LogP contribution >= 0.6 is 0 Å². The first kappa shape index (κ1) is 17.2. The SMILES string of the molecule is COC(Cc1ccc([N+](=O)[O-])cc1)(C(F)(F)F)C(F)(F)F. The maximum atomic E-state index is 12.8. The van der Waals surface area contributed by atoms with Crippen molar-refractivity contribution in [2.24, 2.45) is 0 Å². The Balaban J connectivity index is 3.22. The van der Waals surface area contributed by atoms with E-state index in [1.54, 1.807) is 0 Å². The zero-order chi connectivity index (χ0) is 16.5. The van der Waals surface area contributed by atoms with Crippen molar-refractivity contribution in [2.75, 3.05) is 7.11 Å². The Morgan fingerprint density at radius 2 is 1.48 bits per heavy atom. The van der Waals surface area contributed by atoms with E-state index < -0.39 is 40.5 Å². The molecule has 21 heavy (non-hydrogen) atoms. The third-order valence-corrected chi connectivity index (χ3v) is 2.86. The normalized spacial score (nSPS) is 13.3. The molecule has 0 saturated carbocycles. The van der Waals surface area contributed by atoms with Crippen LogP contribution in [0.5, 0.6) is 0 Å². The van der Waals surface area contributed by atoms with Crippen LogP contribution in [0.25, 0.3) is 0 Å². The highest BCUT2D eigenvalue weighted by Crippen LogP contribution is 2.47. The van der Waals surface area contributed by atoms with Gasteiger partial charge in [0.15, 0.2) is 0 Å². The maximum absolute atomic E-state index is 12.8. The summed E-state index contributed by atoms with van der Waals surface area (Å²) in [5.74, 6) is 0. The van der Waals surface area contributed by atoms with E-state index in [-0.39, 0.29) is 0 Å². The van der Waals surface area contributed by atoms with Gasteiger partial charge in [-0.1, -0.05) is 12.1 Å². The number of non-ortho nitro benzene ring substituents is 1. The number of methoxy groups -OCH3 is 1. The van der Waals surface area contributed by atoms with Gasteiger partial charge >= 0.3 is 12.4 Å². The van der Waals surface area contributed by atoms with Crippen LogP contribution in [0.1, 0.15) is 5.56 Å². The number of ether oxygens (including phenoxy) is 1. The molecular weight excluding hydrogens is 308 g/mol. The lowest BCUT2D eigenvalue weighted by molar-refractivity contribution is -0.384. The van der Waals surface area contributed by atoms with E-state index in [2.05, 4.69) is 4.74 Å². The summed E-state index contributed by atoms with van der Waals surface area (Å²) in [5.41, 5.74) is -5.20. The van der Waals surface area contributed by atoms with Crippen molar-refractivity contribution in [3.8, 4) is 0 Å². The molecule has 0 unspecified atom stereocenters. The molecule has 0 aliphatic heterocycles. The number of nitrogens with zero attached hydrogens (tertiary/aromatic N) is 1. The Kier molecular flexibility index (Phi) is 4.51. The van der Waals surface area contributed by atoms with E-state index in [0.29, 0.717) is 7.11 Å². The van der Waals surface area contributed by atoms with Gasteiger partial charge in [-0.2, -0.15) is 26.3 Å². The number of nitro groups is 1. The quantitative estimate of drug-likeness (QED) is 0.484. The fraction of sp³-hybridized carbons (Fsp3) is 0.455. The summed E-state index contributed by atoms with van der Waals surface area (Å²) < 4.78 is 80.6. The van der Waals surface area contributed by atoms with Crippen molar-refractivity contribution in [3.05, 3.63) is 39.9 Å². The van der Waals surface area contributed by atoms with E-state index in [0.717, 1.165) is 24.3 Å². The van der Waals surface area contributed by atoms with Gasteiger partial charge < -0.3 is 4.74 Å². The second kappa shape index (κ2) is 5.51. The average molecular weight is 317 g/mol. The lowest BCUT2D eigenvalue weighted by Crippen LogP contribution is -2.59. The van der Waals surface area contributed by atoms with Gasteiger partial charge in [0.05, 0.1) is 4.92 Å². The van der Waals surface area contributed by atoms with E-state index in [4.69, 9.17) is 0 Å². The van der Waals surface area contributed by atoms with Crippen LogP contribution in [-0.2, 0) is 11.2 Å². The van der Waals surface area contributed by atoms with E-state index >= 15 is 0 Å². The summed E-state index contributed by atoms with van der Waals surface area (Å²) in [6, 6.07) is 3.29. The zero-order valence-corrected chi connectivity index (χ0v) is 10.5. The van der Waals surface area contributed by atoms with Gasteiger partial charge in [-0.15, -0.1) is 0 Å². The van der Waals surface area contributed by atoms with Crippen LogP contribution in [0.4, 0.5) is 32.0 Å². The zero-order valence-electron chi connectivity index (χ0n) is 10.5. The fourth-order valence-electron chi connectivity index (χ4n) is 1.69. The van der Waals surface area contributed by atoms with Crippen LogP contribution < -0.4 is 0 Å². The number of nitro benzene ring substituents is 1. The topological polar surface area (TPSA) is 52.4 Å². The molecule has 0 fully saturated rings. The Morgan fingerprint density at radius 1 is 1.05 bits per heavy atom. The largest absolute Gasteiger partial charge is 0.426 e. The molecule has 0 aromatic heterocycles. The monoisotopic (exact) mass is 317 g/mol. The second-order valence-electron chi connectivity index (χ2n) is 4.13. The third-order valence-electron chi connectivity index (χ3n) is 2.86. The molecule has 0 spiro atoms. The number of alkyl halides is 6. The fourth-order valence-corrected chi connectivity index (χ4v) is 1.69. The average Bonchev–Trinajstić information content (AvgIpc) is 2.33. The highest BCUT2D eigenvalue weighted by atomic mass is 19.4. The Hall–Kier alpha value is -1.84. The lowest BCUT2D eigenvalue weighted by Gasteiger charge is -2.35. The number of rotatable bonds is 4. The molecule has 10 heteroatoms. The molecule has 1 rings (SSSR count). The summed E-state index contributed by atoms with van der Waals surface area (Å²) in [6.07, 6.45) is -12.9. The van der Waals surface area contributed by atoms with Crippen LogP contribution in [-0.4, -0.2) is 30.0 Å². The van der Waals surface area contributed by atoms with Crippen LogP contribution in [0.2, 0.25) is 0 Å². The first-order valence-corrected chi connectivity index (χ1v) is 5.36. The molecule has 1 aromatic carbocycles. The summed E-state index contributed by atoms with van der Waals surface area (Å²) in [6.45, 7) is 0. The van der Waals surface area contributed by atoms with Crippen molar-refractivity contribution in [1.29, 1.82) is 0 Å². The molecule has 0 radical (unpaired) electrons. The molecule has 0 N–H and O–H groups in total. The van der Waals surface area contributed by atoms with Gasteiger partial charge in [0.1, 0.15) is 0 Å². The van der Waals surface area contributed by atoms with Crippen molar-refractivity contribution in [1.82, 2.24) is 0 Å². The Morgan fingerprint density at radius 3 is 1.76 bits per heavy atom.